The molecule has 29 heavy (non-hydrogen) atoms. The Bertz CT molecular complexity index is 578. The zero-order valence-electron chi connectivity index (χ0n) is 16.7. The highest BCUT2D eigenvalue weighted by Crippen LogP contribution is 2.26. The van der Waals surface area contributed by atoms with Gasteiger partial charge in [-0.2, -0.15) is 0 Å². The predicted octanol–water partition coefficient (Wildman–Crippen LogP) is -0.390. The van der Waals surface area contributed by atoms with Crippen molar-refractivity contribution in [1.29, 1.82) is 0 Å². The van der Waals surface area contributed by atoms with Crippen LogP contribution in [0.2, 0.25) is 0 Å². The molecule has 166 valence electrons. The minimum atomic E-state index is -1.22. The third-order valence-corrected chi connectivity index (χ3v) is 5.17. The fourth-order valence-electron chi connectivity index (χ4n) is 3.84. The molecule has 1 aliphatic carbocycles. The van der Waals surface area contributed by atoms with Crippen LogP contribution in [0.5, 0.6) is 0 Å². The molecule has 11 heteroatoms. The summed E-state index contributed by atoms with van der Waals surface area (Å²) in [7, 11) is 0. The van der Waals surface area contributed by atoms with Crippen LogP contribution in [0.25, 0.3) is 0 Å². The van der Waals surface area contributed by atoms with Crippen molar-refractivity contribution >= 4 is 23.9 Å². The van der Waals surface area contributed by atoms with Crippen molar-refractivity contribution in [2.24, 2.45) is 0 Å². The van der Waals surface area contributed by atoms with E-state index in [9.17, 15) is 34.5 Å². The summed E-state index contributed by atoms with van der Waals surface area (Å²) in [6, 6.07) is -0.00449. The number of hydrogen-bond donors (Lipinski definition) is 5. The Morgan fingerprint density at radius 1 is 0.862 bits per heavy atom. The molecule has 5 N–H and O–H groups in total. The van der Waals surface area contributed by atoms with Gasteiger partial charge in [0.2, 0.25) is 0 Å². The minimum Gasteiger partial charge on any atom is -0.480 e. The van der Waals surface area contributed by atoms with E-state index < -0.39 is 42.5 Å². The fraction of sp³-hybridized carbons (Fsp3) is 0.778. The maximum atomic E-state index is 11.4. The number of nitrogens with one attached hydrogen (secondary N) is 1. The second-order valence-electron chi connectivity index (χ2n) is 7.73. The summed E-state index contributed by atoms with van der Waals surface area (Å²) in [5, 5.41) is 39.4. The highest BCUT2D eigenvalue weighted by atomic mass is 16.4. The van der Waals surface area contributed by atoms with E-state index in [1.54, 1.807) is 11.8 Å². The Morgan fingerprint density at radius 2 is 1.38 bits per heavy atom. The molecule has 1 atom stereocenters. The van der Waals surface area contributed by atoms with E-state index in [1.165, 1.54) is 4.90 Å². The first-order valence-electron chi connectivity index (χ1n) is 9.60. The number of nitrogens with zero attached hydrogens (tertiary/aromatic N) is 2. The van der Waals surface area contributed by atoms with Gasteiger partial charge in [0, 0.05) is 24.7 Å². The fourth-order valence-corrected chi connectivity index (χ4v) is 3.84. The number of carboxylic acid groups (broad SMARTS) is 4. The zero-order valence-corrected chi connectivity index (χ0v) is 16.7. The lowest BCUT2D eigenvalue weighted by Gasteiger charge is -2.45. The number of aliphatic carboxylic acids is 4. The number of carboxylic acids is 4. The van der Waals surface area contributed by atoms with Crippen LogP contribution >= 0.6 is 0 Å². The first-order valence-corrected chi connectivity index (χ1v) is 9.60. The Morgan fingerprint density at radius 3 is 1.83 bits per heavy atom. The highest BCUT2D eigenvalue weighted by Gasteiger charge is 2.38. The summed E-state index contributed by atoms with van der Waals surface area (Å²) >= 11 is 0. The first kappa shape index (κ1) is 24.8. The van der Waals surface area contributed by atoms with Gasteiger partial charge in [-0.1, -0.05) is 19.3 Å². The number of hydrogen-bond acceptors (Lipinski definition) is 7. The Labute approximate surface area is 169 Å². The molecule has 1 fully saturated rings. The Hall–Kier alpha value is -2.24. The van der Waals surface area contributed by atoms with Gasteiger partial charge in [-0.15, -0.1) is 0 Å². The van der Waals surface area contributed by atoms with E-state index in [-0.39, 0.29) is 32.2 Å². The molecule has 0 bridgehead atoms. The van der Waals surface area contributed by atoms with Gasteiger partial charge in [0.25, 0.3) is 0 Å². The van der Waals surface area contributed by atoms with Crippen molar-refractivity contribution in [3.8, 4) is 0 Å². The molecular weight excluding hydrogens is 386 g/mol. The van der Waals surface area contributed by atoms with Gasteiger partial charge in [-0.25, -0.2) is 0 Å². The molecule has 0 saturated heterocycles. The van der Waals surface area contributed by atoms with Crippen molar-refractivity contribution in [2.45, 2.75) is 50.6 Å². The first-order chi connectivity index (χ1) is 13.5. The van der Waals surface area contributed by atoms with Gasteiger partial charge in [0.05, 0.1) is 26.2 Å². The molecule has 0 aromatic heterocycles. The normalized spacial score (nSPS) is 17.2. The Kier molecular flexibility index (Phi) is 9.99. The smallest absolute Gasteiger partial charge is 0.317 e. The second kappa shape index (κ2) is 11.7. The van der Waals surface area contributed by atoms with E-state index >= 15 is 0 Å². The number of rotatable bonds is 14. The molecule has 1 aliphatic rings. The van der Waals surface area contributed by atoms with Crippen molar-refractivity contribution in [2.75, 3.05) is 39.3 Å². The van der Waals surface area contributed by atoms with E-state index in [4.69, 9.17) is 5.11 Å². The molecule has 0 spiro atoms. The van der Waals surface area contributed by atoms with Crippen molar-refractivity contribution < 1.29 is 39.6 Å². The second-order valence-corrected chi connectivity index (χ2v) is 7.73. The molecule has 1 unspecified atom stereocenters. The summed E-state index contributed by atoms with van der Waals surface area (Å²) in [5.41, 5.74) is -1.11. The van der Waals surface area contributed by atoms with E-state index in [0.717, 1.165) is 32.1 Å². The van der Waals surface area contributed by atoms with Gasteiger partial charge in [0.15, 0.2) is 0 Å². The maximum Gasteiger partial charge on any atom is 0.317 e. The van der Waals surface area contributed by atoms with Crippen molar-refractivity contribution in [3.63, 3.8) is 0 Å². The van der Waals surface area contributed by atoms with Crippen LogP contribution in [0, 0.1) is 0 Å². The molecule has 0 heterocycles. The lowest BCUT2D eigenvalue weighted by Crippen LogP contribution is -2.63. The molecule has 0 radical (unpaired) electrons. The van der Waals surface area contributed by atoms with Gasteiger partial charge in [0.1, 0.15) is 0 Å². The third kappa shape index (κ3) is 9.20. The van der Waals surface area contributed by atoms with Gasteiger partial charge in [-0.3, -0.25) is 29.0 Å². The maximum absolute atomic E-state index is 11.4. The average Bonchev–Trinajstić information content (AvgIpc) is 2.60. The van der Waals surface area contributed by atoms with Crippen LogP contribution in [-0.4, -0.2) is 105 Å². The van der Waals surface area contributed by atoms with Crippen LogP contribution in [-0.2, 0) is 19.2 Å². The molecular formula is C18H31N3O8. The van der Waals surface area contributed by atoms with E-state index in [1.807, 2.05) is 0 Å². The van der Waals surface area contributed by atoms with Crippen molar-refractivity contribution in [3.05, 3.63) is 0 Å². The molecule has 0 aliphatic heterocycles. The lowest BCUT2D eigenvalue weighted by molar-refractivity contribution is -0.147. The van der Waals surface area contributed by atoms with E-state index in [2.05, 4.69) is 5.32 Å². The van der Waals surface area contributed by atoms with Crippen LogP contribution < -0.4 is 5.32 Å². The van der Waals surface area contributed by atoms with Gasteiger partial charge in [-0.05, 0) is 19.8 Å². The largest absolute Gasteiger partial charge is 0.480 e. The summed E-state index contributed by atoms with van der Waals surface area (Å²) in [4.78, 5) is 48.0. The summed E-state index contributed by atoms with van der Waals surface area (Å²) in [6.45, 7) is -0.0589. The standard InChI is InChI=1S/C18H31N3O8/c1-18(11-19-7-14(22)23,21(9-16(26)27)10-17(28)29)12-20(8-15(24)25)13-5-3-2-4-6-13/h13,19H,2-12H2,1H3,(H,22,23)(H,24,25)(H,26,27)(H,28,29). The minimum absolute atomic E-state index is 0.00449. The Balaban J connectivity index is 3.14. The van der Waals surface area contributed by atoms with Crippen LogP contribution in [0.3, 0.4) is 0 Å². The quantitative estimate of drug-likeness (QED) is 0.250. The van der Waals surface area contributed by atoms with Gasteiger partial charge < -0.3 is 25.7 Å². The van der Waals surface area contributed by atoms with E-state index in [0.29, 0.717) is 0 Å². The molecule has 0 aromatic carbocycles. The van der Waals surface area contributed by atoms with Gasteiger partial charge >= 0.3 is 23.9 Å². The van der Waals surface area contributed by atoms with Crippen molar-refractivity contribution in [1.82, 2.24) is 15.1 Å². The highest BCUT2D eigenvalue weighted by molar-refractivity contribution is 5.73. The zero-order chi connectivity index (χ0) is 22.0. The average molecular weight is 417 g/mol. The molecule has 1 rings (SSSR count). The predicted molar refractivity (Wildman–Crippen MR) is 102 cm³/mol. The van der Waals surface area contributed by atoms with Crippen LogP contribution in [0.15, 0.2) is 0 Å². The van der Waals surface area contributed by atoms with Crippen LogP contribution in [0.1, 0.15) is 39.0 Å². The molecule has 11 nitrogen and oxygen atoms in total. The number of carbonyl (C=O) groups is 4. The summed E-state index contributed by atoms with van der Waals surface area (Å²) in [6.07, 6.45) is 4.61. The third-order valence-electron chi connectivity index (χ3n) is 5.17. The molecule has 0 amide bonds. The molecule has 0 aromatic rings. The lowest BCUT2D eigenvalue weighted by atomic mass is 9.91. The molecule has 1 saturated carbocycles. The topological polar surface area (TPSA) is 168 Å². The monoisotopic (exact) mass is 417 g/mol. The summed E-state index contributed by atoms with van der Waals surface area (Å²) < 4.78 is 0. The van der Waals surface area contributed by atoms with Crippen LogP contribution in [0.4, 0.5) is 0 Å². The summed E-state index contributed by atoms with van der Waals surface area (Å²) in [5.74, 6) is -4.58. The SMILES string of the molecule is CC(CNCC(=O)O)(CN(CC(=O)O)C1CCCCC1)N(CC(=O)O)CC(=O)O.